The molecule has 0 unspecified atom stereocenters. The zero-order chi connectivity index (χ0) is 20.5. The van der Waals surface area contributed by atoms with Crippen molar-refractivity contribution in [3.8, 4) is 0 Å². The Bertz CT molecular complexity index is 630. The van der Waals surface area contributed by atoms with Gasteiger partial charge >= 0.3 is 5.97 Å². The third-order valence-corrected chi connectivity index (χ3v) is 7.16. The molecule has 1 aliphatic rings. The molecule has 0 spiro atoms. The summed E-state index contributed by atoms with van der Waals surface area (Å²) in [4.78, 5) is 13.3. The van der Waals surface area contributed by atoms with Crippen molar-refractivity contribution in [2.24, 2.45) is 11.8 Å². The van der Waals surface area contributed by atoms with Crippen molar-refractivity contribution in [1.82, 2.24) is 0 Å². The molecular formula is C22H33ClO4S. The molecule has 0 amide bonds. The highest BCUT2D eigenvalue weighted by atomic mass is 35.5. The number of methoxy groups -OCH3 is 1. The lowest BCUT2D eigenvalue weighted by molar-refractivity contribution is 0.0606. The van der Waals surface area contributed by atoms with Crippen LogP contribution in [0.15, 0.2) is 24.3 Å². The molecule has 2 rings (SSSR count). The number of rotatable bonds is 11. The summed E-state index contributed by atoms with van der Waals surface area (Å²) in [5.41, 5.74) is 0. The second-order valence-corrected chi connectivity index (χ2v) is 9.39. The van der Waals surface area contributed by atoms with Gasteiger partial charge in [-0.2, -0.15) is 0 Å². The van der Waals surface area contributed by atoms with E-state index in [4.69, 9.17) is 16.3 Å². The van der Waals surface area contributed by atoms with E-state index >= 15 is 0 Å². The number of ether oxygens (including phenoxy) is 1. The lowest BCUT2D eigenvalue weighted by Gasteiger charge is -2.21. The molecule has 0 radical (unpaired) electrons. The monoisotopic (exact) mass is 428 g/mol. The molecule has 0 bridgehead atoms. The van der Waals surface area contributed by atoms with Gasteiger partial charge < -0.3 is 14.9 Å². The zero-order valence-electron chi connectivity index (χ0n) is 16.9. The minimum atomic E-state index is -0.448. The number of aliphatic hydroxyl groups excluding tert-OH is 2. The Morgan fingerprint density at radius 3 is 2.89 bits per heavy atom. The van der Waals surface area contributed by atoms with Crippen molar-refractivity contribution in [1.29, 1.82) is 0 Å². The first-order chi connectivity index (χ1) is 13.5. The van der Waals surface area contributed by atoms with Crippen molar-refractivity contribution < 1.29 is 19.7 Å². The Hall–Kier alpha value is -0.880. The molecule has 1 aromatic heterocycles. The smallest absolute Gasteiger partial charge is 0.348 e. The number of hydrogen-bond acceptors (Lipinski definition) is 5. The average Bonchev–Trinajstić information content (AvgIpc) is 3.24. The number of halogens is 1. The van der Waals surface area contributed by atoms with E-state index in [1.165, 1.54) is 18.4 Å². The number of hydrogen-bond donors (Lipinski definition) is 2. The van der Waals surface area contributed by atoms with Crippen LogP contribution in [0.3, 0.4) is 0 Å². The largest absolute Gasteiger partial charge is 0.465 e. The molecule has 0 saturated heterocycles. The summed E-state index contributed by atoms with van der Waals surface area (Å²) in [6.45, 7) is 2.15. The molecule has 0 aromatic carbocycles. The summed E-state index contributed by atoms with van der Waals surface area (Å²) in [7, 11) is 1.39. The first-order valence-corrected chi connectivity index (χ1v) is 11.6. The van der Waals surface area contributed by atoms with Gasteiger partial charge in [0, 0.05) is 16.2 Å². The van der Waals surface area contributed by atoms with Gasteiger partial charge in [-0.25, -0.2) is 4.79 Å². The number of aliphatic hydroxyl groups is 2. The summed E-state index contributed by atoms with van der Waals surface area (Å²) >= 11 is 7.99. The van der Waals surface area contributed by atoms with E-state index in [1.807, 2.05) is 18.2 Å². The maximum Gasteiger partial charge on any atom is 0.348 e. The van der Waals surface area contributed by atoms with Crippen molar-refractivity contribution in [3.05, 3.63) is 34.0 Å². The second kappa shape index (κ2) is 12.0. The number of carbonyl (C=O) groups excluding carboxylic acids is 1. The highest BCUT2D eigenvalue weighted by Gasteiger charge is 2.39. The van der Waals surface area contributed by atoms with Gasteiger partial charge in [-0.15, -0.1) is 22.9 Å². The summed E-state index contributed by atoms with van der Waals surface area (Å²) in [5.74, 6) is -0.0910. The summed E-state index contributed by atoms with van der Waals surface area (Å²) in [6.07, 6.45) is 10.3. The third kappa shape index (κ3) is 6.87. The van der Waals surface area contributed by atoms with Crippen LogP contribution in [0, 0.1) is 11.8 Å². The average molecular weight is 429 g/mol. The Morgan fingerprint density at radius 2 is 2.18 bits per heavy atom. The lowest BCUT2D eigenvalue weighted by atomic mass is 9.89. The SMILES string of the molecule is CCCCC[C@H](O)C=C[C@H]1[C@@H](CCCc2ccc(C(=O)OC)s2)[C@@H](Cl)C[C@H]1O. The first kappa shape index (κ1) is 23.4. The third-order valence-electron chi connectivity index (χ3n) is 5.54. The van der Waals surface area contributed by atoms with E-state index < -0.39 is 12.2 Å². The van der Waals surface area contributed by atoms with Crippen LogP contribution in [0.2, 0.25) is 0 Å². The standard InChI is InChI=1S/C22H33ClO4S/c1-3-4-5-7-15(24)10-12-18-17(19(23)14-20(18)25)9-6-8-16-11-13-21(28-16)22(26)27-2/h10-13,15,17-20,24-25H,3-9,14H2,1-2H3/t15-,17+,18-,19-,20+/m0/s1. The molecule has 1 fully saturated rings. The minimum Gasteiger partial charge on any atom is -0.465 e. The van der Waals surface area contributed by atoms with Gasteiger partial charge in [0.1, 0.15) is 4.88 Å². The number of aryl methyl sites for hydroxylation is 1. The van der Waals surface area contributed by atoms with Gasteiger partial charge in [0.2, 0.25) is 0 Å². The molecular weight excluding hydrogens is 396 g/mol. The van der Waals surface area contributed by atoms with Crippen molar-refractivity contribution in [3.63, 3.8) is 0 Å². The van der Waals surface area contributed by atoms with Gasteiger partial charge in [0.25, 0.3) is 0 Å². The van der Waals surface area contributed by atoms with Crippen LogP contribution in [0.5, 0.6) is 0 Å². The van der Waals surface area contributed by atoms with Gasteiger partial charge in [-0.3, -0.25) is 0 Å². The normalized spacial score (nSPS) is 26.0. The summed E-state index contributed by atoms with van der Waals surface area (Å²) in [6, 6.07) is 3.78. The van der Waals surface area contributed by atoms with E-state index in [0.29, 0.717) is 11.3 Å². The summed E-state index contributed by atoms with van der Waals surface area (Å²) < 4.78 is 4.75. The quantitative estimate of drug-likeness (QED) is 0.226. The molecule has 5 atom stereocenters. The maximum atomic E-state index is 11.6. The Labute approximate surface area is 177 Å². The number of alkyl halides is 1. The molecule has 28 heavy (non-hydrogen) atoms. The number of carbonyl (C=O) groups is 1. The van der Waals surface area contributed by atoms with Crippen LogP contribution < -0.4 is 0 Å². The Morgan fingerprint density at radius 1 is 1.39 bits per heavy atom. The molecule has 1 saturated carbocycles. The van der Waals surface area contributed by atoms with Crippen LogP contribution in [-0.4, -0.2) is 40.9 Å². The highest BCUT2D eigenvalue weighted by molar-refractivity contribution is 7.13. The topological polar surface area (TPSA) is 66.8 Å². The van der Waals surface area contributed by atoms with Crippen molar-refractivity contribution >= 4 is 28.9 Å². The van der Waals surface area contributed by atoms with Gasteiger partial charge in [-0.1, -0.05) is 38.3 Å². The summed E-state index contributed by atoms with van der Waals surface area (Å²) in [5, 5.41) is 20.5. The zero-order valence-corrected chi connectivity index (χ0v) is 18.4. The second-order valence-electron chi connectivity index (χ2n) is 7.66. The van der Waals surface area contributed by atoms with Gasteiger partial charge in [-0.05, 0) is 50.2 Å². The molecule has 2 N–H and O–H groups in total. The molecule has 0 aliphatic heterocycles. The van der Waals surface area contributed by atoms with Gasteiger partial charge in [0.15, 0.2) is 0 Å². The fourth-order valence-electron chi connectivity index (χ4n) is 3.92. The van der Waals surface area contributed by atoms with Gasteiger partial charge in [0.05, 0.1) is 19.3 Å². The van der Waals surface area contributed by atoms with Crippen LogP contribution in [0.1, 0.15) is 66.4 Å². The number of unbranched alkanes of at least 4 members (excludes halogenated alkanes) is 2. The maximum absolute atomic E-state index is 11.6. The number of esters is 1. The van der Waals surface area contributed by atoms with Crippen LogP contribution in [0.4, 0.5) is 0 Å². The fourth-order valence-corrected chi connectivity index (χ4v) is 5.37. The predicted molar refractivity (Wildman–Crippen MR) is 115 cm³/mol. The van der Waals surface area contributed by atoms with Crippen LogP contribution >= 0.6 is 22.9 Å². The molecule has 1 aromatic rings. The first-order valence-electron chi connectivity index (χ1n) is 10.3. The predicted octanol–water partition coefficient (Wildman–Crippen LogP) is 4.96. The Balaban J connectivity index is 1.85. The van der Waals surface area contributed by atoms with Crippen LogP contribution in [-0.2, 0) is 11.2 Å². The van der Waals surface area contributed by atoms with E-state index in [2.05, 4.69) is 6.92 Å². The van der Waals surface area contributed by atoms with Crippen molar-refractivity contribution in [2.75, 3.05) is 7.11 Å². The fraction of sp³-hybridized carbons (Fsp3) is 0.682. The van der Waals surface area contributed by atoms with E-state index in [-0.39, 0.29) is 23.2 Å². The lowest BCUT2D eigenvalue weighted by Crippen LogP contribution is -2.19. The van der Waals surface area contributed by atoms with E-state index in [1.54, 1.807) is 6.07 Å². The van der Waals surface area contributed by atoms with Crippen molar-refractivity contribution in [2.45, 2.75) is 75.9 Å². The van der Waals surface area contributed by atoms with E-state index in [0.717, 1.165) is 49.8 Å². The molecule has 1 aliphatic carbocycles. The molecule has 1 heterocycles. The molecule has 4 nitrogen and oxygen atoms in total. The Kier molecular flexibility index (Phi) is 10.00. The molecule has 6 heteroatoms. The van der Waals surface area contributed by atoms with Crippen LogP contribution in [0.25, 0.3) is 0 Å². The highest BCUT2D eigenvalue weighted by Crippen LogP contribution is 2.40. The number of thiophene rings is 1. The van der Waals surface area contributed by atoms with E-state index in [9.17, 15) is 15.0 Å². The molecule has 158 valence electrons. The minimum absolute atomic E-state index is 0.00251.